The molecule has 1 unspecified atom stereocenters. The summed E-state index contributed by atoms with van der Waals surface area (Å²) in [6.07, 6.45) is 2.81. The lowest BCUT2D eigenvalue weighted by molar-refractivity contribution is 0.244. The summed E-state index contributed by atoms with van der Waals surface area (Å²) in [6.45, 7) is 2.14. The fourth-order valence-corrected chi connectivity index (χ4v) is 4.87. The van der Waals surface area contributed by atoms with Crippen LogP contribution in [0.2, 0.25) is 0 Å². The minimum absolute atomic E-state index is 0.00289. The van der Waals surface area contributed by atoms with Crippen LogP contribution in [0.1, 0.15) is 31.9 Å². The normalized spacial score (nSPS) is 22.3. The topological polar surface area (TPSA) is 70.8 Å². The monoisotopic (exact) mass is 337 g/mol. The van der Waals surface area contributed by atoms with Crippen LogP contribution in [-0.4, -0.2) is 30.4 Å². The van der Waals surface area contributed by atoms with Gasteiger partial charge in [0, 0.05) is 18.7 Å². The van der Waals surface area contributed by atoms with Gasteiger partial charge in [-0.2, -0.15) is 4.31 Å². The number of rotatable bonds is 3. The van der Waals surface area contributed by atoms with Gasteiger partial charge in [-0.05, 0) is 35.7 Å². The number of furan rings is 1. The molecule has 2 heterocycles. The average Bonchev–Trinajstić information content (AvgIpc) is 2.71. The summed E-state index contributed by atoms with van der Waals surface area (Å²) in [7, 11) is -3.55. The van der Waals surface area contributed by atoms with Crippen LogP contribution in [0.15, 0.2) is 20.0 Å². The lowest BCUT2D eigenvalue weighted by atomic mass is 10.1. The van der Waals surface area contributed by atoms with Crippen LogP contribution in [0.4, 0.5) is 0 Å². The SMILES string of the molecule is CC1CCCCN1S(=O)(=O)c1cc(CO)oc1Br. The van der Waals surface area contributed by atoms with Crippen LogP contribution >= 0.6 is 15.9 Å². The fraction of sp³-hybridized carbons (Fsp3) is 0.636. The highest BCUT2D eigenvalue weighted by Gasteiger charge is 2.34. The predicted octanol–water partition coefficient (Wildman–Crippen LogP) is 2.10. The van der Waals surface area contributed by atoms with E-state index in [4.69, 9.17) is 9.52 Å². The Morgan fingerprint density at radius 1 is 1.56 bits per heavy atom. The van der Waals surface area contributed by atoms with Crippen molar-refractivity contribution in [2.75, 3.05) is 6.54 Å². The number of halogens is 1. The third-order valence-electron chi connectivity index (χ3n) is 3.19. The lowest BCUT2D eigenvalue weighted by Gasteiger charge is -2.31. The molecule has 5 nitrogen and oxygen atoms in total. The zero-order chi connectivity index (χ0) is 13.3. The quantitative estimate of drug-likeness (QED) is 0.916. The van der Waals surface area contributed by atoms with Crippen molar-refractivity contribution >= 4 is 26.0 Å². The number of hydrogen-bond acceptors (Lipinski definition) is 4. The average molecular weight is 338 g/mol. The standard InChI is InChI=1S/C11H16BrNO4S/c1-8-4-2-3-5-13(8)18(15,16)10-6-9(7-14)17-11(10)12/h6,8,14H,2-5,7H2,1H3. The molecule has 1 aromatic rings. The summed E-state index contributed by atoms with van der Waals surface area (Å²) in [5, 5.41) is 8.98. The van der Waals surface area contributed by atoms with Crippen LogP contribution in [0.3, 0.4) is 0 Å². The van der Waals surface area contributed by atoms with Crippen LogP contribution in [-0.2, 0) is 16.6 Å². The number of piperidine rings is 1. The van der Waals surface area contributed by atoms with Crippen molar-refractivity contribution in [2.24, 2.45) is 0 Å². The number of nitrogens with zero attached hydrogens (tertiary/aromatic N) is 1. The second-order valence-corrected chi connectivity index (χ2v) is 7.05. The zero-order valence-corrected chi connectivity index (χ0v) is 12.5. The molecule has 1 aliphatic rings. The maximum atomic E-state index is 12.5. The summed E-state index contributed by atoms with van der Waals surface area (Å²) in [5.74, 6) is 0.241. The maximum Gasteiger partial charge on any atom is 0.247 e. The Morgan fingerprint density at radius 3 is 2.83 bits per heavy atom. The van der Waals surface area contributed by atoms with E-state index in [9.17, 15) is 8.42 Å². The van der Waals surface area contributed by atoms with Crippen molar-refractivity contribution in [3.8, 4) is 0 Å². The molecular formula is C11H16BrNO4S. The van der Waals surface area contributed by atoms with Gasteiger partial charge in [0.05, 0.1) is 0 Å². The van der Waals surface area contributed by atoms with E-state index in [0.29, 0.717) is 6.54 Å². The van der Waals surface area contributed by atoms with Gasteiger partial charge in [-0.3, -0.25) is 0 Å². The Morgan fingerprint density at radius 2 is 2.28 bits per heavy atom. The van der Waals surface area contributed by atoms with Gasteiger partial charge in [-0.1, -0.05) is 6.42 Å². The Kier molecular flexibility index (Phi) is 4.15. The highest BCUT2D eigenvalue weighted by molar-refractivity contribution is 9.10. The summed E-state index contributed by atoms with van der Waals surface area (Å²) < 4.78 is 31.8. The molecule has 1 saturated heterocycles. The van der Waals surface area contributed by atoms with E-state index in [0.717, 1.165) is 19.3 Å². The summed E-state index contributed by atoms with van der Waals surface area (Å²) in [6, 6.07) is 1.38. The van der Waals surface area contributed by atoms with E-state index in [1.165, 1.54) is 10.4 Å². The number of aliphatic hydroxyl groups is 1. The van der Waals surface area contributed by atoms with Gasteiger partial charge in [-0.15, -0.1) is 0 Å². The van der Waals surface area contributed by atoms with Crippen LogP contribution in [0, 0.1) is 0 Å². The van der Waals surface area contributed by atoms with Crippen molar-refractivity contribution < 1.29 is 17.9 Å². The van der Waals surface area contributed by atoms with Gasteiger partial charge in [0.2, 0.25) is 10.0 Å². The third kappa shape index (κ3) is 2.49. The van der Waals surface area contributed by atoms with Gasteiger partial charge in [0.1, 0.15) is 17.3 Å². The minimum Gasteiger partial charge on any atom is -0.450 e. The number of hydrogen-bond donors (Lipinski definition) is 1. The Labute approximate surface area is 115 Å². The van der Waals surface area contributed by atoms with Crippen molar-refractivity contribution in [3.05, 3.63) is 16.5 Å². The molecule has 1 aliphatic heterocycles. The molecule has 0 amide bonds. The molecule has 0 bridgehead atoms. The molecule has 1 N–H and O–H groups in total. The maximum absolute atomic E-state index is 12.5. The smallest absolute Gasteiger partial charge is 0.247 e. The molecule has 18 heavy (non-hydrogen) atoms. The lowest BCUT2D eigenvalue weighted by Crippen LogP contribution is -2.41. The van der Waals surface area contributed by atoms with Crippen LogP contribution in [0.5, 0.6) is 0 Å². The molecule has 2 rings (SSSR count). The summed E-state index contributed by atoms with van der Waals surface area (Å²) in [4.78, 5) is 0.0975. The molecule has 1 fully saturated rings. The van der Waals surface area contributed by atoms with Crippen molar-refractivity contribution in [3.63, 3.8) is 0 Å². The predicted molar refractivity (Wildman–Crippen MR) is 69.5 cm³/mol. The first-order chi connectivity index (χ1) is 8.46. The number of aliphatic hydroxyl groups excluding tert-OH is 1. The van der Waals surface area contributed by atoms with Gasteiger partial charge in [0.25, 0.3) is 0 Å². The van der Waals surface area contributed by atoms with Gasteiger partial charge in [0.15, 0.2) is 4.67 Å². The molecule has 1 aromatic heterocycles. The Hall–Kier alpha value is -0.370. The molecule has 0 aromatic carbocycles. The van der Waals surface area contributed by atoms with Crippen LogP contribution in [0.25, 0.3) is 0 Å². The van der Waals surface area contributed by atoms with E-state index in [1.807, 2.05) is 6.92 Å². The Balaban J connectivity index is 2.37. The first kappa shape index (κ1) is 14.0. The molecule has 0 radical (unpaired) electrons. The second-order valence-electron chi connectivity index (χ2n) is 4.47. The Bertz CT molecular complexity index is 525. The molecule has 7 heteroatoms. The molecule has 0 aliphatic carbocycles. The van der Waals surface area contributed by atoms with Gasteiger partial charge in [-0.25, -0.2) is 8.42 Å². The first-order valence-electron chi connectivity index (χ1n) is 5.87. The minimum atomic E-state index is -3.55. The van der Waals surface area contributed by atoms with E-state index >= 15 is 0 Å². The largest absolute Gasteiger partial charge is 0.450 e. The van der Waals surface area contributed by atoms with Gasteiger partial charge < -0.3 is 9.52 Å². The molecule has 0 saturated carbocycles. The van der Waals surface area contributed by atoms with E-state index in [-0.39, 0.29) is 28.0 Å². The molecule has 0 spiro atoms. The third-order valence-corrected chi connectivity index (χ3v) is 6.06. The molecule has 102 valence electrons. The summed E-state index contributed by atoms with van der Waals surface area (Å²) >= 11 is 3.10. The van der Waals surface area contributed by atoms with E-state index in [2.05, 4.69) is 15.9 Å². The van der Waals surface area contributed by atoms with Crippen LogP contribution < -0.4 is 0 Å². The fourth-order valence-electron chi connectivity index (χ4n) is 2.21. The van der Waals surface area contributed by atoms with E-state index < -0.39 is 10.0 Å². The zero-order valence-electron chi connectivity index (χ0n) is 10.1. The number of sulfonamides is 1. The molecule has 1 atom stereocenters. The highest BCUT2D eigenvalue weighted by atomic mass is 79.9. The second kappa shape index (κ2) is 5.32. The molecular weight excluding hydrogens is 322 g/mol. The highest BCUT2D eigenvalue weighted by Crippen LogP contribution is 2.32. The van der Waals surface area contributed by atoms with Crippen molar-refractivity contribution in [2.45, 2.75) is 43.7 Å². The first-order valence-corrected chi connectivity index (χ1v) is 8.11. The van der Waals surface area contributed by atoms with Crippen molar-refractivity contribution in [1.29, 1.82) is 0 Å². The van der Waals surface area contributed by atoms with Crippen molar-refractivity contribution in [1.82, 2.24) is 4.31 Å². The van der Waals surface area contributed by atoms with Gasteiger partial charge >= 0.3 is 0 Å². The summed E-state index contributed by atoms with van der Waals surface area (Å²) in [5.41, 5.74) is 0. The van der Waals surface area contributed by atoms with E-state index in [1.54, 1.807) is 0 Å².